The number of fused-ring (bicyclic) bond motifs is 1. The molecule has 0 saturated carbocycles. The Balaban J connectivity index is 2.06. The molecule has 2 aromatic heterocycles. The minimum absolute atomic E-state index is 0.0858. The number of terminal acetylenes is 1. The van der Waals surface area contributed by atoms with E-state index < -0.39 is 21.9 Å². The highest BCUT2D eigenvalue weighted by atomic mass is 32.2. The maximum absolute atomic E-state index is 12.7. The molecule has 0 aliphatic carbocycles. The molecular weight excluding hydrogens is 428 g/mol. The molecule has 0 saturated heterocycles. The summed E-state index contributed by atoms with van der Waals surface area (Å²) in [5.74, 6) is 2.47. The lowest BCUT2D eigenvalue weighted by Gasteiger charge is -2.19. The summed E-state index contributed by atoms with van der Waals surface area (Å²) in [5.41, 5.74) is 2.36. The zero-order chi connectivity index (χ0) is 23.6. The monoisotopic (exact) mass is 454 g/mol. The van der Waals surface area contributed by atoms with Gasteiger partial charge in [0.1, 0.15) is 0 Å². The van der Waals surface area contributed by atoms with Crippen LogP contribution in [-0.2, 0) is 9.84 Å². The molecule has 2 N–H and O–H groups in total. The van der Waals surface area contributed by atoms with Crippen molar-refractivity contribution in [1.29, 1.82) is 0 Å². The van der Waals surface area contributed by atoms with Crippen LogP contribution >= 0.6 is 0 Å². The molecule has 0 aliphatic rings. The SMILES string of the molecule is C#CC(C)NC(=O)c1ccccc1C(C)Nc1nc(S(C)(=O)=O)nc2c(C(C)C)cnn12. The van der Waals surface area contributed by atoms with E-state index in [2.05, 4.69) is 31.6 Å². The van der Waals surface area contributed by atoms with Crippen LogP contribution in [0, 0.1) is 12.3 Å². The number of anilines is 1. The van der Waals surface area contributed by atoms with Crippen molar-refractivity contribution >= 4 is 27.3 Å². The fourth-order valence-electron chi connectivity index (χ4n) is 3.21. The van der Waals surface area contributed by atoms with Gasteiger partial charge in [0.2, 0.25) is 15.8 Å². The Hall–Kier alpha value is -3.45. The van der Waals surface area contributed by atoms with Gasteiger partial charge in [-0.1, -0.05) is 38.0 Å². The van der Waals surface area contributed by atoms with Crippen LogP contribution < -0.4 is 10.6 Å². The number of benzene rings is 1. The van der Waals surface area contributed by atoms with Crippen LogP contribution in [0.5, 0.6) is 0 Å². The largest absolute Gasteiger partial charge is 0.347 e. The third-order valence-corrected chi connectivity index (χ3v) is 5.79. The Labute approximate surface area is 187 Å². The Morgan fingerprint density at radius 3 is 2.44 bits per heavy atom. The first-order chi connectivity index (χ1) is 15.0. The average molecular weight is 455 g/mol. The van der Waals surface area contributed by atoms with Crippen LogP contribution in [0.1, 0.15) is 61.1 Å². The van der Waals surface area contributed by atoms with Gasteiger partial charge in [0.05, 0.1) is 18.3 Å². The highest BCUT2D eigenvalue weighted by molar-refractivity contribution is 7.90. The van der Waals surface area contributed by atoms with E-state index in [4.69, 9.17) is 6.42 Å². The summed E-state index contributed by atoms with van der Waals surface area (Å²) < 4.78 is 25.9. The van der Waals surface area contributed by atoms with E-state index >= 15 is 0 Å². The lowest BCUT2D eigenvalue weighted by atomic mass is 10.0. The molecule has 0 spiro atoms. The maximum Gasteiger partial charge on any atom is 0.252 e. The van der Waals surface area contributed by atoms with Crippen molar-refractivity contribution in [2.24, 2.45) is 0 Å². The fourth-order valence-corrected chi connectivity index (χ4v) is 3.72. The number of rotatable bonds is 7. The molecule has 2 atom stereocenters. The number of carbonyl (C=O) groups is 1. The normalized spacial score (nSPS) is 13.5. The molecular formula is C22H26N6O3S. The van der Waals surface area contributed by atoms with Crippen molar-refractivity contribution in [3.63, 3.8) is 0 Å². The predicted octanol–water partition coefficient (Wildman–Crippen LogP) is 2.58. The lowest BCUT2D eigenvalue weighted by Crippen LogP contribution is -2.32. The number of nitrogens with one attached hydrogen (secondary N) is 2. The number of nitrogens with zero attached hydrogens (tertiary/aromatic N) is 4. The highest BCUT2D eigenvalue weighted by Gasteiger charge is 2.22. The molecule has 3 aromatic rings. The second-order valence-electron chi connectivity index (χ2n) is 7.91. The summed E-state index contributed by atoms with van der Waals surface area (Å²) in [6.07, 6.45) is 8.08. The van der Waals surface area contributed by atoms with Gasteiger partial charge >= 0.3 is 0 Å². The molecule has 1 amide bonds. The van der Waals surface area contributed by atoms with Crippen molar-refractivity contribution in [2.75, 3.05) is 11.6 Å². The van der Waals surface area contributed by atoms with Gasteiger partial charge in [-0.2, -0.15) is 19.6 Å². The summed E-state index contributed by atoms with van der Waals surface area (Å²) in [4.78, 5) is 21.2. The number of carbonyl (C=O) groups excluding carboxylic acids is 1. The second-order valence-corrected chi connectivity index (χ2v) is 9.82. The molecule has 10 heteroatoms. The first-order valence-corrected chi connectivity index (χ1v) is 12.0. The number of hydrogen-bond donors (Lipinski definition) is 2. The van der Waals surface area contributed by atoms with E-state index in [1.54, 1.807) is 25.3 Å². The van der Waals surface area contributed by atoms with E-state index in [0.717, 1.165) is 11.8 Å². The first kappa shape index (κ1) is 23.2. The van der Waals surface area contributed by atoms with Crippen LogP contribution in [0.25, 0.3) is 5.65 Å². The molecule has 0 aliphatic heterocycles. The third-order valence-electron chi connectivity index (χ3n) is 4.94. The van der Waals surface area contributed by atoms with Crippen molar-refractivity contribution < 1.29 is 13.2 Å². The molecule has 0 radical (unpaired) electrons. The first-order valence-electron chi connectivity index (χ1n) is 10.1. The Bertz CT molecular complexity index is 1310. The second kappa shape index (κ2) is 8.96. The molecule has 0 fully saturated rings. The number of hydrogen-bond acceptors (Lipinski definition) is 7. The smallest absolute Gasteiger partial charge is 0.252 e. The van der Waals surface area contributed by atoms with Gasteiger partial charge < -0.3 is 10.6 Å². The topological polar surface area (TPSA) is 118 Å². The molecule has 1 aromatic carbocycles. The van der Waals surface area contributed by atoms with Crippen LogP contribution in [0.4, 0.5) is 5.95 Å². The molecule has 2 heterocycles. The Morgan fingerprint density at radius 1 is 1.12 bits per heavy atom. The molecule has 168 valence electrons. The van der Waals surface area contributed by atoms with Gasteiger partial charge in [0, 0.05) is 17.4 Å². The van der Waals surface area contributed by atoms with Crippen LogP contribution in [0.2, 0.25) is 0 Å². The highest BCUT2D eigenvalue weighted by Crippen LogP contribution is 2.25. The number of aromatic nitrogens is 4. The van der Waals surface area contributed by atoms with E-state index in [0.29, 0.717) is 16.8 Å². The van der Waals surface area contributed by atoms with Crippen molar-refractivity contribution in [3.8, 4) is 12.3 Å². The van der Waals surface area contributed by atoms with E-state index in [1.807, 2.05) is 32.9 Å². The minimum atomic E-state index is -3.66. The summed E-state index contributed by atoms with van der Waals surface area (Å²) in [6, 6.07) is 6.27. The van der Waals surface area contributed by atoms with Gasteiger partial charge in [0.15, 0.2) is 5.65 Å². The summed E-state index contributed by atoms with van der Waals surface area (Å²) in [7, 11) is -3.66. The zero-order valence-electron chi connectivity index (χ0n) is 18.6. The zero-order valence-corrected chi connectivity index (χ0v) is 19.4. The van der Waals surface area contributed by atoms with Gasteiger partial charge in [-0.3, -0.25) is 4.79 Å². The van der Waals surface area contributed by atoms with E-state index in [-0.39, 0.29) is 22.9 Å². The standard InChI is InChI=1S/C22H26N6O3S/c1-7-14(4)24-20(29)17-11-9-8-10-16(17)15(5)25-21-27-22(32(6,30)31)26-19-18(13(2)3)12-23-28(19)21/h1,8-15H,2-6H3,(H,24,29)(H,25,26,27). The van der Waals surface area contributed by atoms with Gasteiger partial charge in [-0.25, -0.2) is 8.42 Å². The Kier molecular flexibility index (Phi) is 6.50. The molecule has 9 nitrogen and oxygen atoms in total. The van der Waals surface area contributed by atoms with Crippen molar-refractivity contribution in [3.05, 3.63) is 47.2 Å². The maximum atomic E-state index is 12.7. The lowest BCUT2D eigenvalue weighted by molar-refractivity contribution is 0.0947. The van der Waals surface area contributed by atoms with E-state index in [1.165, 1.54) is 4.52 Å². The van der Waals surface area contributed by atoms with Gasteiger partial charge in [-0.05, 0) is 31.4 Å². The van der Waals surface area contributed by atoms with Crippen LogP contribution in [-0.4, -0.2) is 46.2 Å². The summed E-state index contributed by atoms with van der Waals surface area (Å²) in [5, 5.41) is 10.0. The van der Waals surface area contributed by atoms with Crippen LogP contribution in [0.15, 0.2) is 35.6 Å². The minimum Gasteiger partial charge on any atom is -0.347 e. The average Bonchev–Trinajstić information content (AvgIpc) is 3.17. The molecule has 32 heavy (non-hydrogen) atoms. The number of amides is 1. The molecule has 2 unspecified atom stereocenters. The fraction of sp³-hybridized carbons (Fsp3) is 0.364. The summed E-state index contributed by atoms with van der Waals surface area (Å²) in [6.45, 7) is 7.51. The predicted molar refractivity (Wildman–Crippen MR) is 122 cm³/mol. The molecule has 0 bridgehead atoms. The van der Waals surface area contributed by atoms with Gasteiger partial charge in [-0.15, -0.1) is 6.42 Å². The molecule has 3 rings (SSSR count). The van der Waals surface area contributed by atoms with Crippen LogP contribution in [0.3, 0.4) is 0 Å². The van der Waals surface area contributed by atoms with Gasteiger partial charge in [0.25, 0.3) is 11.1 Å². The summed E-state index contributed by atoms with van der Waals surface area (Å²) >= 11 is 0. The quantitative estimate of drug-likeness (QED) is 0.527. The Morgan fingerprint density at radius 2 is 1.81 bits per heavy atom. The van der Waals surface area contributed by atoms with Crippen molar-refractivity contribution in [1.82, 2.24) is 24.9 Å². The number of sulfone groups is 1. The third kappa shape index (κ3) is 4.73. The van der Waals surface area contributed by atoms with Crippen molar-refractivity contribution in [2.45, 2.75) is 50.9 Å². The van der Waals surface area contributed by atoms with E-state index in [9.17, 15) is 13.2 Å².